The maximum absolute atomic E-state index is 12.8. The molecule has 0 unspecified atom stereocenters. The highest BCUT2D eigenvalue weighted by atomic mass is 16.6. The number of nitrogens with zero attached hydrogens (tertiary/aromatic N) is 2. The number of carbonyl (C=O) groups is 2. The van der Waals surface area contributed by atoms with Crippen molar-refractivity contribution in [3.63, 3.8) is 0 Å². The third-order valence-electron chi connectivity index (χ3n) is 4.17. The molecular weight excluding hydrogens is 304 g/mol. The molecule has 5 nitrogen and oxygen atoms in total. The van der Waals surface area contributed by atoms with Crippen molar-refractivity contribution in [2.24, 2.45) is 0 Å². The standard InChI is InChI=1S/C19H20N2O3/c1-2-14-24-19(23)21-12-10-20(11-13-21)18(22)17-9-5-7-15-6-3-4-8-16(15)17/h2-9H,1,10-14H2. The second-order valence-electron chi connectivity index (χ2n) is 5.67. The molecule has 24 heavy (non-hydrogen) atoms. The number of fused-ring (bicyclic) bond motifs is 1. The molecule has 0 spiro atoms. The van der Waals surface area contributed by atoms with Gasteiger partial charge in [0.15, 0.2) is 0 Å². The van der Waals surface area contributed by atoms with Crippen LogP contribution in [0.15, 0.2) is 55.1 Å². The molecule has 2 aromatic carbocycles. The zero-order valence-corrected chi connectivity index (χ0v) is 13.5. The molecule has 1 aliphatic rings. The first-order valence-electron chi connectivity index (χ1n) is 8.00. The van der Waals surface area contributed by atoms with Gasteiger partial charge in [0.1, 0.15) is 6.61 Å². The number of hydrogen-bond acceptors (Lipinski definition) is 3. The lowest BCUT2D eigenvalue weighted by Gasteiger charge is -2.34. The van der Waals surface area contributed by atoms with Crippen LogP contribution in [0.25, 0.3) is 10.8 Å². The third-order valence-corrected chi connectivity index (χ3v) is 4.17. The van der Waals surface area contributed by atoms with Crippen molar-refractivity contribution in [3.8, 4) is 0 Å². The Hall–Kier alpha value is -2.82. The van der Waals surface area contributed by atoms with Gasteiger partial charge in [0.25, 0.3) is 5.91 Å². The molecule has 0 saturated carbocycles. The monoisotopic (exact) mass is 324 g/mol. The summed E-state index contributed by atoms with van der Waals surface area (Å²) >= 11 is 0. The summed E-state index contributed by atoms with van der Waals surface area (Å²) in [6.45, 7) is 5.69. The molecule has 0 N–H and O–H groups in total. The molecule has 1 heterocycles. The first kappa shape index (κ1) is 16.1. The van der Waals surface area contributed by atoms with Crippen molar-refractivity contribution in [2.75, 3.05) is 32.8 Å². The predicted molar refractivity (Wildman–Crippen MR) is 93.0 cm³/mol. The van der Waals surface area contributed by atoms with Crippen LogP contribution in [-0.2, 0) is 4.74 Å². The van der Waals surface area contributed by atoms with E-state index in [9.17, 15) is 9.59 Å². The van der Waals surface area contributed by atoms with Gasteiger partial charge in [-0.15, -0.1) is 0 Å². The van der Waals surface area contributed by atoms with Crippen LogP contribution in [0.4, 0.5) is 4.79 Å². The average molecular weight is 324 g/mol. The van der Waals surface area contributed by atoms with Gasteiger partial charge in [-0.05, 0) is 16.8 Å². The molecule has 0 atom stereocenters. The van der Waals surface area contributed by atoms with Crippen molar-refractivity contribution >= 4 is 22.8 Å². The number of benzene rings is 2. The highest BCUT2D eigenvalue weighted by Gasteiger charge is 2.26. The van der Waals surface area contributed by atoms with E-state index in [0.717, 1.165) is 10.8 Å². The van der Waals surface area contributed by atoms with E-state index < -0.39 is 0 Å². The number of amides is 2. The van der Waals surface area contributed by atoms with Crippen LogP contribution in [0, 0.1) is 0 Å². The Kier molecular flexibility index (Phi) is 4.79. The van der Waals surface area contributed by atoms with E-state index in [1.807, 2.05) is 42.5 Å². The summed E-state index contributed by atoms with van der Waals surface area (Å²) in [7, 11) is 0. The van der Waals surface area contributed by atoms with Crippen LogP contribution >= 0.6 is 0 Å². The second kappa shape index (κ2) is 7.17. The van der Waals surface area contributed by atoms with Crippen LogP contribution in [0.2, 0.25) is 0 Å². The molecule has 0 aliphatic carbocycles. The Labute approximate surface area is 141 Å². The molecule has 1 saturated heterocycles. The van der Waals surface area contributed by atoms with Crippen LogP contribution in [0.1, 0.15) is 10.4 Å². The van der Waals surface area contributed by atoms with E-state index in [2.05, 4.69) is 6.58 Å². The number of ether oxygens (including phenoxy) is 1. The Morgan fingerprint density at radius 1 is 1.00 bits per heavy atom. The van der Waals surface area contributed by atoms with E-state index in [-0.39, 0.29) is 18.6 Å². The van der Waals surface area contributed by atoms with Gasteiger partial charge in [0.2, 0.25) is 0 Å². The summed E-state index contributed by atoms with van der Waals surface area (Å²) in [6, 6.07) is 13.6. The van der Waals surface area contributed by atoms with Gasteiger partial charge in [-0.3, -0.25) is 4.79 Å². The molecule has 5 heteroatoms. The maximum atomic E-state index is 12.8. The zero-order chi connectivity index (χ0) is 16.9. The second-order valence-corrected chi connectivity index (χ2v) is 5.67. The lowest BCUT2D eigenvalue weighted by molar-refractivity contribution is 0.0582. The summed E-state index contributed by atoms with van der Waals surface area (Å²) in [5.74, 6) is 0.00547. The van der Waals surface area contributed by atoms with Crippen molar-refractivity contribution < 1.29 is 14.3 Å². The predicted octanol–water partition coefficient (Wildman–Crippen LogP) is 2.92. The van der Waals surface area contributed by atoms with Gasteiger partial charge in [-0.2, -0.15) is 0 Å². The topological polar surface area (TPSA) is 49.9 Å². The fraction of sp³-hybridized carbons (Fsp3) is 0.263. The quantitative estimate of drug-likeness (QED) is 0.816. The number of hydrogen-bond donors (Lipinski definition) is 0. The van der Waals surface area contributed by atoms with E-state index in [0.29, 0.717) is 31.7 Å². The minimum Gasteiger partial charge on any atom is -0.445 e. The molecule has 124 valence electrons. The van der Waals surface area contributed by atoms with Gasteiger partial charge < -0.3 is 14.5 Å². The number of rotatable bonds is 3. The Morgan fingerprint density at radius 3 is 2.42 bits per heavy atom. The Morgan fingerprint density at radius 2 is 1.67 bits per heavy atom. The van der Waals surface area contributed by atoms with Gasteiger partial charge in [-0.25, -0.2) is 4.79 Å². The summed E-state index contributed by atoms with van der Waals surface area (Å²) in [4.78, 5) is 28.1. The average Bonchev–Trinajstić information content (AvgIpc) is 2.65. The zero-order valence-electron chi connectivity index (χ0n) is 13.5. The number of piperazine rings is 1. The lowest BCUT2D eigenvalue weighted by Crippen LogP contribution is -2.50. The highest BCUT2D eigenvalue weighted by molar-refractivity contribution is 6.07. The molecule has 1 fully saturated rings. The van der Waals surface area contributed by atoms with E-state index in [1.54, 1.807) is 9.80 Å². The minimum atomic E-state index is -0.354. The van der Waals surface area contributed by atoms with Crippen LogP contribution in [0.3, 0.4) is 0 Å². The van der Waals surface area contributed by atoms with E-state index in [4.69, 9.17) is 4.74 Å². The Balaban J connectivity index is 1.69. The smallest absolute Gasteiger partial charge is 0.410 e. The van der Waals surface area contributed by atoms with Crippen molar-refractivity contribution in [3.05, 3.63) is 60.7 Å². The molecule has 2 amide bonds. The van der Waals surface area contributed by atoms with Crippen LogP contribution in [0.5, 0.6) is 0 Å². The molecule has 3 rings (SSSR count). The molecule has 0 bridgehead atoms. The van der Waals surface area contributed by atoms with Crippen molar-refractivity contribution in [1.29, 1.82) is 0 Å². The highest BCUT2D eigenvalue weighted by Crippen LogP contribution is 2.20. The fourth-order valence-corrected chi connectivity index (χ4v) is 2.90. The largest absolute Gasteiger partial charge is 0.445 e. The molecule has 1 aliphatic heterocycles. The Bertz CT molecular complexity index is 759. The third kappa shape index (κ3) is 3.25. The van der Waals surface area contributed by atoms with Gasteiger partial charge >= 0.3 is 6.09 Å². The summed E-state index contributed by atoms with van der Waals surface area (Å²) in [6.07, 6.45) is 1.19. The van der Waals surface area contributed by atoms with Gasteiger partial charge in [-0.1, -0.05) is 49.1 Å². The molecule has 0 radical (unpaired) electrons. The van der Waals surface area contributed by atoms with E-state index in [1.165, 1.54) is 6.08 Å². The minimum absolute atomic E-state index is 0.00547. The first-order valence-corrected chi connectivity index (χ1v) is 8.00. The normalized spacial score (nSPS) is 14.5. The number of carbonyl (C=O) groups excluding carboxylic acids is 2. The molecular formula is C19H20N2O3. The first-order chi connectivity index (χ1) is 11.7. The van der Waals surface area contributed by atoms with Gasteiger partial charge in [0.05, 0.1) is 0 Å². The maximum Gasteiger partial charge on any atom is 0.410 e. The molecule has 2 aromatic rings. The lowest BCUT2D eigenvalue weighted by atomic mass is 10.0. The van der Waals surface area contributed by atoms with Crippen molar-refractivity contribution in [1.82, 2.24) is 9.80 Å². The summed E-state index contributed by atoms with van der Waals surface area (Å²) in [5, 5.41) is 2.01. The van der Waals surface area contributed by atoms with Crippen LogP contribution < -0.4 is 0 Å². The summed E-state index contributed by atoms with van der Waals surface area (Å²) < 4.78 is 5.03. The fourth-order valence-electron chi connectivity index (χ4n) is 2.90. The van der Waals surface area contributed by atoms with Crippen molar-refractivity contribution in [2.45, 2.75) is 0 Å². The van der Waals surface area contributed by atoms with Crippen LogP contribution in [-0.4, -0.2) is 54.6 Å². The SMILES string of the molecule is C=CCOC(=O)N1CCN(C(=O)c2cccc3ccccc23)CC1. The van der Waals surface area contributed by atoms with E-state index >= 15 is 0 Å². The molecule has 0 aromatic heterocycles. The summed E-state index contributed by atoms with van der Waals surface area (Å²) in [5.41, 5.74) is 0.704. The van der Waals surface area contributed by atoms with Gasteiger partial charge in [0, 0.05) is 31.7 Å².